The number of amides is 1. The van der Waals surface area contributed by atoms with Crippen LogP contribution in [0.5, 0.6) is 0 Å². The Morgan fingerprint density at radius 2 is 1.62 bits per heavy atom. The molecule has 0 aliphatic heterocycles. The third-order valence-electron chi connectivity index (χ3n) is 3.55. The Labute approximate surface area is 126 Å². The Balaban J connectivity index is 1.97. The molecule has 0 saturated carbocycles. The minimum atomic E-state index is -0.467. The fourth-order valence-electron chi connectivity index (χ4n) is 2.36. The predicted molar refractivity (Wildman–Crippen MR) is 87.2 cm³/mol. The van der Waals surface area contributed by atoms with Gasteiger partial charge in [-0.1, -0.05) is 48.5 Å². The highest BCUT2D eigenvalue weighted by molar-refractivity contribution is 5.96. The third-order valence-corrected chi connectivity index (χ3v) is 3.55. The molecule has 0 heterocycles. The zero-order valence-corrected chi connectivity index (χ0v) is 12.4. The molecule has 0 saturated heterocycles. The van der Waals surface area contributed by atoms with E-state index in [1.807, 2.05) is 55.5 Å². The lowest BCUT2D eigenvalue weighted by Crippen LogP contribution is -2.44. The SMILES string of the molecule is CCN(C(=O)C(N)CCc1ccccc1)c1ccccc1. The maximum Gasteiger partial charge on any atom is 0.243 e. The summed E-state index contributed by atoms with van der Waals surface area (Å²) in [4.78, 5) is 14.2. The van der Waals surface area contributed by atoms with Crippen molar-refractivity contribution in [2.45, 2.75) is 25.8 Å². The summed E-state index contributed by atoms with van der Waals surface area (Å²) < 4.78 is 0. The molecule has 1 atom stereocenters. The monoisotopic (exact) mass is 282 g/mol. The number of carbonyl (C=O) groups excluding carboxylic acids is 1. The zero-order chi connectivity index (χ0) is 15.1. The van der Waals surface area contributed by atoms with Crippen molar-refractivity contribution < 1.29 is 4.79 Å². The molecular formula is C18H22N2O. The molecule has 110 valence electrons. The summed E-state index contributed by atoms with van der Waals surface area (Å²) in [6.07, 6.45) is 1.48. The van der Waals surface area contributed by atoms with Crippen molar-refractivity contribution in [3.05, 3.63) is 66.2 Å². The molecule has 2 aromatic carbocycles. The van der Waals surface area contributed by atoms with E-state index in [9.17, 15) is 4.79 Å². The van der Waals surface area contributed by atoms with Gasteiger partial charge in [-0.05, 0) is 37.5 Å². The second-order valence-electron chi connectivity index (χ2n) is 5.05. The van der Waals surface area contributed by atoms with Crippen molar-refractivity contribution in [3.8, 4) is 0 Å². The molecule has 2 aromatic rings. The number of hydrogen-bond acceptors (Lipinski definition) is 2. The van der Waals surface area contributed by atoms with Gasteiger partial charge in [-0.3, -0.25) is 4.79 Å². The molecule has 3 heteroatoms. The number of rotatable bonds is 6. The molecule has 0 aliphatic rings. The van der Waals surface area contributed by atoms with Gasteiger partial charge in [0.1, 0.15) is 0 Å². The lowest BCUT2D eigenvalue weighted by molar-refractivity contribution is -0.119. The van der Waals surface area contributed by atoms with Crippen molar-refractivity contribution >= 4 is 11.6 Å². The number of benzene rings is 2. The zero-order valence-electron chi connectivity index (χ0n) is 12.4. The van der Waals surface area contributed by atoms with Crippen molar-refractivity contribution in [1.29, 1.82) is 0 Å². The van der Waals surface area contributed by atoms with E-state index in [1.54, 1.807) is 4.90 Å². The first kappa shape index (κ1) is 15.3. The molecule has 1 amide bonds. The molecule has 0 radical (unpaired) electrons. The molecule has 0 fully saturated rings. The Morgan fingerprint density at radius 3 is 2.19 bits per heavy atom. The Hall–Kier alpha value is -2.13. The summed E-state index contributed by atoms with van der Waals surface area (Å²) in [5.41, 5.74) is 8.20. The van der Waals surface area contributed by atoms with Gasteiger partial charge in [0.25, 0.3) is 0 Å². The van der Waals surface area contributed by atoms with Gasteiger partial charge < -0.3 is 10.6 Å². The normalized spacial score (nSPS) is 11.9. The maximum absolute atomic E-state index is 12.5. The Kier molecular flexibility index (Phi) is 5.52. The highest BCUT2D eigenvalue weighted by Gasteiger charge is 2.20. The van der Waals surface area contributed by atoms with E-state index < -0.39 is 6.04 Å². The number of anilines is 1. The maximum atomic E-state index is 12.5. The van der Waals surface area contributed by atoms with E-state index in [4.69, 9.17) is 5.73 Å². The van der Waals surface area contributed by atoms with Crippen LogP contribution in [-0.4, -0.2) is 18.5 Å². The summed E-state index contributed by atoms with van der Waals surface area (Å²) in [6.45, 7) is 2.59. The lowest BCUT2D eigenvalue weighted by Gasteiger charge is -2.24. The first-order valence-electron chi connectivity index (χ1n) is 7.38. The standard InChI is InChI=1S/C18H22N2O/c1-2-20(16-11-7-4-8-12-16)18(21)17(19)14-13-15-9-5-3-6-10-15/h3-12,17H,2,13-14,19H2,1H3. The highest BCUT2D eigenvalue weighted by Crippen LogP contribution is 2.15. The van der Waals surface area contributed by atoms with Crippen molar-refractivity contribution in [2.75, 3.05) is 11.4 Å². The minimum Gasteiger partial charge on any atom is -0.320 e. The van der Waals surface area contributed by atoms with Crippen LogP contribution in [0.2, 0.25) is 0 Å². The Bertz CT molecular complexity index is 554. The predicted octanol–water partition coefficient (Wildman–Crippen LogP) is 3.00. The summed E-state index contributed by atoms with van der Waals surface area (Å²) in [6, 6.07) is 19.3. The van der Waals surface area contributed by atoms with E-state index in [0.29, 0.717) is 13.0 Å². The highest BCUT2D eigenvalue weighted by atomic mass is 16.2. The van der Waals surface area contributed by atoms with E-state index in [-0.39, 0.29) is 5.91 Å². The van der Waals surface area contributed by atoms with Gasteiger partial charge >= 0.3 is 0 Å². The number of carbonyl (C=O) groups is 1. The van der Waals surface area contributed by atoms with Crippen LogP contribution in [-0.2, 0) is 11.2 Å². The quantitative estimate of drug-likeness (QED) is 0.885. The van der Waals surface area contributed by atoms with Crippen molar-refractivity contribution in [1.82, 2.24) is 0 Å². The topological polar surface area (TPSA) is 46.3 Å². The van der Waals surface area contributed by atoms with Crippen LogP contribution in [0, 0.1) is 0 Å². The first-order chi connectivity index (χ1) is 10.2. The smallest absolute Gasteiger partial charge is 0.243 e. The molecule has 2 rings (SSSR count). The van der Waals surface area contributed by atoms with Gasteiger partial charge in [0, 0.05) is 12.2 Å². The Morgan fingerprint density at radius 1 is 1.05 bits per heavy atom. The number of hydrogen-bond donors (Lipinski definition) is 1. The lowest BCUT2D eigenvalue weighted by atomic mass is 10.0. The van der Waals surface area contributed by atoms with Crippen LogP contribution in [0.1, 0.15) is 18.9 Å². The molecular weight excluding hydrogens is 260 g/mol. The molecule has 0 spiro atoms. The fourth-order valence-corrected chi connectivity index (χ4v) is 2.36. The second-order valence-corrected chi connectivity index (χ2v) is 5.05. The van der Waals surface area contributed by atoms with Gasteiger partial charge in [-0.25, -0.2) is 0 Å². The summed E-state index contributed by atoms with van der Waals surface area (Å²) in [5.74, 6) is -0.0142. The largest absolute Gasteiger partial charge is 0.320 e. The van der Waals surface area contributed by atoms with E-state index in [1.165, 1.54) is 5.56 Å². The summed E-state index contributed by atoms with van der Waals surface area (Å²) in [7, 11) is 0. The molecule has 2 N–H and O–H groups in total. The number of nitrogens with two attached hydrogens (primary N) is 1. The summed E-state index contributed by atoms with van der Waals surface area (Å²) >= 11 is 0. The molecule has 0 bridgehead atoms. The van der Waals surface area contributed by atoms with E-state index in [2.05, 4.69) is 12.1 Å². The van der Waals surface area contributed by atoms with Gasteiger partial charge in [0.15, 0.2) is 0 Å². The van der Waals surface area contributed by atoms with Crippen LogP contribution in [0.4, 0.5) is 5.69 Å². The average molecular weight is 282 g/mol. The number of para-hydroxylation sites is 1. The second kappa shape index (κ2) is 7.60. The van der Waals surface area contributed by atoms with Crippen molar-refractivity contribution in [2.24, 2.45) is 5.73 Å². The minimum absolute atomic E-state index is 0.0142. The van der Waals surface area contributed by atoms with Crippen LogP contribution in [0.3, 0.4) is 0 Å². The number of likely N-dealkylation sites (N-methyl/N-ethyl adjacent to an activating group) is 1. The molecule has 0 aliphatic carbocycles. The third kappa shape index (κ3) is 4.17. The van der Waals surface area contributed by atoms with Gasteiger partial charge in [0.2, 0.25) is 5.91 Å². The van der Waals surface area contributed by atoms with Gasteiger partial charge in [-0.2, -0.15) is 0 Å². The fraction of sp³-hybridized carbons (Fsp3) is 0.278. The van der Waals surface area contributed by atoms with Crippen LogP contribution < -0.4 is 10.6 Å². The van der Waals surface area contributed by atoms with E-state index >= 15 is 0 Å². The van der Waals surface area contributed by atoms with Crippen LogP contribution in [0.15, 0.2) is 60.7 Å². The van der Waals surface area contributed by atoms with E-state index in [0.717, 1.165) is 12.1 Å². The van der Waals surface area contributed by atoms with Gasteiger partial charge in [-0.15, -0.1) is 0 Å². The summed E-state index contributed by atoms with van der Waals surface area (Å²) in [5, 5.41) is 0. The molecule has 3 nitrogen and oxygen atoms in total. The first-order valence-corrected chi connectivity index (χ1v) is 7.38. The van der Waals surface area contributed by atoms with Gasteiger partial charge in [0.05, 0.1) is 6.04 Å². The van der Waals surface area contributed by atoms with Crippen LogP contribution >= 0.6 is 0 Å². The average Bonchev–Trinajstić information content (AvgIpc) is 2.55. The molecule has 1 unspecified atom stereocenters. The number of nitrogens with zero attached hydrogens (tertiary/aromatic N) is 1. The molecule has 21 heavy (non-hydrogen) atoms. The number of aryl methyl sites for hydroxylation is 1. The van der Waals surface area contributed by atoms with Crippen molar-refractivity contribution in [3.63, 3.8) is 0 Å². The van der Waals surface area contributed by atoms with Crippen LogP contribution in [0.25, 0.3) is 0 Å². The molecule has 0 aromatic heterocycles.